The van der Waals surface area contributed by atoms with E-state index in [9.17, 15) is 0 Å². The molecule has 0 aromatic rings. The summed E-state index contributed by atoms with van der Waals surface area (Å²) in [6.45, 7) is 13.9. The Balaban J connectivity index is 2.37. The van der Waals surface area contributed by atoms with Crippen LogP contribution in [0.15, 0.2) is 0 Å². The van der Waals surface area contributed by atoms with Crippen LogP contribution in [0.1, 0.15) is 53.9 Å². The minimum absolute atomic E-state index is 0.241. The predicted octanol–water partition coefficient (Wildman–Crippen LogP) is 2.87. The molecule has 1 rings (SSSR count). The molecule has 0 saturated carbocycles. The topological polar surface area (TPSA) is 29.3 Å². The van der Waals surface area contributed by atoms with E-state index < -0.39 is 0 Å². The Morgan fingerprint density at radius 1 is 1.31 bits per heavy atom. The Kier molecular flexibility index (Phi) is 4.81. The molecule has 1 heterocycles. The second kappa shape index (κ2) is 5.50. The average Bonchev–Trinajstić information content (AvgIpc) is 2.18. The van der Waals surface area contributed by atoms with Crippen LogP contribution in [-0.2, 0) is 0 Å². The van der Waals surface area contributed by atoms with Crippen LogP contribution in [0.5, 0.6) is 0 Å². The zero-order valence-corrected chi connectivity index (χ0v) is 11.8. The van der Waals surface area contributed by atoms with Crippen molar-refractivity contribution < 1.29 is 0 Å². The summed E-state index contributed by atoms with van der Waals surface area (Å²) in [4.78, 5) is 2.62. The standard InChI is InChI=1S/C14H30N2/c1-11-7-6-9-16(12(11)2)10-8-13(15)14(3,4)5/h11-13H,6-10,15H2,1-5H3. The molecule has 1 aliphatic heterocycles. The molecule has 0 aliphatic carbocycles. The largest absolute Gasteiger partial charge is 0.327 e. The van der Waals surface area contributed by atoms with Crippen LogP contribution >= 0.6 is 0 Å². The fourth-order valence-electron chi connectivity index (χ4n) is 2.47. The quantitative estimate of drug-likeness (QED) is 0.802. The lowest BCUT2D eigenvalue weighted by molar-refractivity contribution is 0.104. The average molecular weight is 226 g/mol. The van der Waals surface area contributed by atoms with Gasteiger partial charge in [-0.25, -0.2) is 0 Å². The van der Waals surface area contributed by atoms with E-state index in [-0.39, 0.29) is 5.41 Å². The molecule has 0 amide bonds. The first-order chi connectivity index (χ1) is 7.32. The van der Waals surface area contributed by atoms with Gasteiger partial charge in [0.1, 0.15) is 0 Å². The first kappa shape index (κ1) is 14.0. The maximum absolute atomic E-state index is 6.22. The molecule has 16 heavy (non-hydrogen) atoms. The van der Waals surface area contributed by atoms with Crippen molar-refractivity contribution in [1.29, 1.82) is 0 Å². The van der Waals surface area contributed by atoms with Gasteiger partial charge in [-0.15, -0.1) is 0 Å². The van der Waals surface area contributed by atoms with Crippen molar-refractivity contribution in [3.05, 3.63) is 0 Å². The van der Waals surface area contributed by atoms with Crippen LogP contribution in [0, 0.1) is 11.3 Å². The van der Waals surface area contributed by atoms with E-state index in [1.165, 1.54) is 25.9 Å². The van der Waals surface area contributed by atoms with E-state index in [1.54, 1.807) is 0 Å². The molecule has 2 N–H and O–H groups in total. The zero-order chi connectivity index (χ0) is 12.3. The second-order valence-corrected chi connectivity index (χ2v) is 6.66. The van der Waals surface area contributed by atoms with Gasteiger partial charge in [-0.3, -0.25) is 0 Å². The van der Waals surface area contributed by atoms with Gasteiger partial charge in [-0.1, -0.05) is 27.7 Å². The zero-order valence-electron chi connectivity index (χ0n) is 11.8. The van der Waals surface area contributed by atoms with Crippen molar-refractivity contribution >= 4 is 0 Å². The van der Waals surface area contributed by atoms with Crippen molar-refractivity contribution in [3.63, 3.8) is 0 Å². The molecule has 1 saturated heterocycles. The van der Waals surface area contributed by atoms with Gasteiger partial charge in [0.15, 0.2) is 0 Å². The third-order valence-corrected chi connectivity index (χ3v) is 4.34. The van der Waals surface area contributed by atoms with Gasteiger partial charge >= 0.3 is 0 Å². The molecule has 3 atom stereocenters. The van der Waals surface area contributed by atoms with Crippen LogP contribution in [0.2, 0.25) is 0 Å². The van der Waals surface area contributed by atoms with Crippen molar-refractivity contribution in [2.75, 3.05) is 13.1 Å². The fraction of sp³-hybridized carbons (Fsp3) is 1.00. The molecule has 0 aromatic carbocycles. The van der Waals surface area contributed by atoms with E-state index in [4.69, 9.17) is 5.73 Å². The number of likely N-dealkylation sites (tertiary alicyclic amines) is 1. The number of piperidine rings is 1. The second-order valence-electron chi connectivity index (χ2n) is 6.66. The van der Waals surface area contributed by atoms with Gasteiger partial charge in [0.2, 0.25) is 0 Å². The molecule has 1 aliphatic rings. The summed E-state index contributed by atoms with van der Waals surface area (Å²) < 4.78 is 0. The predicted molar refractivity (Wildman–Crippen MR) is 71.5 cm³/mol. The lowest BCUT2D eigenvalue weighted by Gasteiger charge is -2.39. The third kappa shape index (κ3) is 3.74. The van der Waals surface area contributed by atoms with E-state index in [0.29, 0.717) is 6.04 Å². The van der Waals surface area contributed by atoms with Crippen LogP contribution in [0.25, 0.3) is 0 Å². The highest BCUT2D eigenvalue weighted by Crippen LogP contribution is 2.25. The lowest BCUT2D eigenvalue weighted by atomic mass is 9.85. The van der Waals surface area contributed by atoms with Gasteiger partial charge in [0.25, 0.3) is 0 Å². The number of hydrogen-bond donors (Lipinski definition) is 1. The van der Waals surface area contributed by atoms with E-state index in [0.717, 1.165) is 18.4 Å². The highest BCUT2D eigenvalue weighted by molar-refractivity contribution is 4.82. The van der Waals surface area contributed by atoms with Crippen molar-refractivity contribution in [3.8, 4) is 0 Å². The number of rotatable bonds is 3. The first-order valence-electron chi connectivity index (χ1n) is 6.82. The van der Waals surface area contributed by atoms with Crippen molar-refractivity contribution in [2.24, 2.45) is 17.1 Å². The molecular formula is C14H30N2. The summed E-state index contributed by atoms with van der Waals surface area (Å²) in [5, 5.41) is 0. The number of nitrogens with two attached hydrogens (primary N) is 1. The Morgan fingerprint density at radius 2 is 1.94 bits per heavy atom. The van der Waals surface area contributed by atoms with Gasteiger partial charge < -0.3 is 10.6 Å². The molecule has 0 radical (unpaired) electrons. The summed E-state index contributed by atoms with van der Waals surface area (Å²) >= 11 is 0. The summed E-state index contributed by atoms with van der Waals surface area (Å²) in [6.07, 6.45) is 3.87. The number of hydrogen-bond acceptors (Lipinski definition) is 2. The Bertz CT molecular complexity index is 207. The van der Waals surface area contributed by atoms with Crippen LogP contribution in [-0.4, -0.2) is 30.1 Å². The minimum Gasteiger partial charge on any atom is -0.327 e. The minimum atomic E-state index is 0.241. The van der Waals surface area contributed by atoms with Crippen LogP contribution in [0.4, 0.5) is 0 Å². The fourth-order valence-corrected chi connectivity index (χ4v) is 2.47. The molecule has 3 unspecified atom stereocenters. The lowest BCUT2D eigenvalue weighted by Crippen LogP contribution is -2.45. The van der Waals surface area contributed by atoms with Crippen LogP contribution < -0.4 is 5.73 Å². The van der Waals surface area contributed by atoms with Gasteiger partial charge in [0, 0.05) is 12.1 Å². The van der Waals surface area contributed by atoms with Gasteiger partial charge in [0.05, 0.1) is 0 Å². The molecule has 1 fully saturated rings. The van der Waals surface area contributed by atoms with Crippen LogP contribution in [0.3, 0.4) is 0 Å². The molecule has 2 nitrogen and oxygen atoms in total. The first-order valence-corrected chi connectivity index (χ1v) is 6.82. The SMILES string of the molecule is CC1CCCN(CCC(N)C(C)(C)C)C1C. The maximum atomic E-state index is 6.22. The number of nitrogens with zero attached hydrogens (tertiary/aromatic N) is 1. The molecule has 96 valence electrons. The summed E-state index contributed by atoms with van der Waals surface area (Å²) in [5.74, 6) is 0.847. The summed E-state index contributed by atoms with van der Waals surface area (Å²) in [5.41, 5.74) is 6.46. The van der Waals surface area contributed by atoms with E-state index >= 15 is 0 Å². The molecular weight excluding hydrogens is 196 g/mol. The highest BCUT2D eigenvalue weighted by atomic mass is 15.2. The van der Waals surface area contributed by atoms with Crippen molar-refractivity contribution in [2.45, 2.75) is 66.0 Å². The molecule has 0 bridgehead atoms. The maximum Gasteiger partial charge on any atom is 0.00998 e. The third-order valence-electron chi connectivity index (χ3n) is 4.34. The Labute approximate surface area is 102 Å². The van der Waals surface area contributed by atoms with Gasteiger partial charge in [-0.05, 0) is 50.6 Å². The van der Waals surface area contributed by atoms with Crippen molar-refractivity contribution in [1.82, 2.24) is 4.90 Å². The monoisotopic (exact) mass is 226 g/mol. The summed E-state index contributed by atoms with van der Waals surface area (Å²) in [6, 6.07) is 1.05. The Hall–Kier alpha value is -0.0800. The molecule has 0 spiro atoms. The Morgan fingerprint density at radius 3 is 2.50 bits per heavy atom. The van der Waals surface area contributed by atoms with E-state index in [2.05, 4.69) is 39.5 Å². The van der Waals surface area contributed by atoms with E-state index in [1.807, 2.05) is 0 Å². The van der Waals surface area contributed by atoms with Gasteiger partial charge in [-0.2, -0.15) is 0 Å². The highest BCUT2D eigenvalue weighted by Gasteiger charge is 2.26. The normalized spacial score (nSPS) is 30.4. The summed E-state index contributed by atoms with van der Waals surface area (Å²) in [7, 11) is 0. The smallest absolute Gasteiger partial charge is 0.00998 e. The molecule has 2 heteroatoms. The molecule has 0 aromatic heterocycles.